The van der Waals surface area contributed by atoms with Gasteiger partial charge in [0.05, 0.1) is 12.0 Å². The van der Waals surface area contributed by atoms with Gasteiger partial charge in [0.1, 0.15) is 5.52 Å². The topological polar surface area (TPSA) is 38.9 Å². The van der Waals surface area contributed by atoms with Crippen molar-refractivity contribution in [2.45, 2.75) is 6.92 Å². The second-order valence-corrected chi connectivity index (χ2v) is 9.21. The molecule has 0 N–H and O–H groups in total. The largest absolute Gasteiger partial charge is 0.462 e. The zero-order chi connectivity index (χ0) is 24.1. The van der Waals surface area contributed by atoms with Crippen molar-refractivity contribution in [2.75, 3.05) is 0 Å². The molecule has 0 aliphatic heterocycles. The Hall–Kier alpha value is -4.76. The zero-order valence-corrected chi connectivity index (χ0v) is 19.8. The van der Waals surface area contributed by atoms with Gasteiger partial charge in [-0.1, -0.05) is 60.7 Å². The molecule has 3 aromatic heterocycles. The number of fused-ring (bicyclic) bond motifs is 4. The summed E-state index contributed by atoms with van der Waals surface area (Å²) in [5, 5.41) is 4.49. The van der Waals surface area contributed by atoms with Crippen LogP contribution in [0.2, 0.25) is 0 Å². The van der Waals surface area contributed by atoms with Crippen molar-refractivity contribution in [2.24, 2.45) is 0 Å². The van der Waals surface area contributed by atoms with Gasteiger partial charge in [0, 0.05) is 34.3 Å². The van der Waals surface area contributed by atoms with E-state index in [1.807, 2.05) is 30.6 Å². The average molecular weight is 463 g/mol. The summed E-state index contributed by atoms with van der Waals surface area (Å²) in [6.45, 7) is 2.06. The number of nitrogens with zero attached hydrogens (tertiary/aromatic N) is 2. The SMILES string of the molecule is Cc1cnc2c(c1)c(-c1ncccc1-c1ccc3cc(-c4ccccc4)ccc3c1)cc1ccoc12. The highest BCUT2D eigenvalue weighted by molar-refractivity contribution is 6.10. The zero-order valence-electron chi connectivity index (χ0n) is 19.8. The molecule has 0 radical (unpaired) electrons. The molecule has 4 aromatic carbocycles. The van der Waals surface area contributed by atoms with Crippen LogP contribution in [-0.2, 0) is 0 Å². The van der Waals surface area contributed by atoms with Crippen LogP contribution in [0.5, 0.6) is 0 Å². The van der Waals surface area contributed by atoms with Crippen molar-refractivity contribution < 1.29 is 4.42 Å². The van der Waals surface area contributed by atoms with Crippen LogP contribution >= 0.6 is 0 Å². The first-order chi connectivity index (χ1) is 17.7. The lowest BCUT2D eigenvalue weighted by Crippen LogP contribution is -1.92. The normalized spacial score (nSPS) is 11.5. The Kier molecular flexibility index (Phi) is 4.68. The van der Waals surface area contributed by atoms with Crippen LogP contribution < -0.4 is 0 Å². The predicted molar refractivity (Wildman–Crippen MR) is 148 cm³/mol. The summed E-state index contributed by atoms with van der Waals surface area (Å²) in [5.41, 5.74) is 9.46. The Bertz CT molecular complexity index is 1900. The maximum absolute atomic E-state index is 5.78. The van der Waals surface area contributed by atoms with Crippen molar-refractivity contribution in [3.8, 4) is 33.5 Å². The second-order valence-electron chi connectivity index (χ2n) is 9.21. The first-order valence-corrected chi connectivity index (χ1v) is 12.1. The molecule has 0 atom stereocenters. The molecule has 0 amide bonds. The van der Waals surface area contributed by atoms with E-state index in [2.05, 4.69) is 85.8 Å². The van der Waals surface area contributed by atoms with Crippen molar-refractivity contribution >= 4 is 32.6 Å². The summed E-state index contributed by atoms with van der Waals surface area (Å²) in [6.07, 6.45) is 5.48. The van der Waals surface area contributed by atoms with Gasteiger partial charge < -0.3 is 4.42 Å². The third-order valence-electron chi connectivity index (χ3n) is 6.85. The molecule has 3 heteroatoms. The van der Waals surface area contributed by atoms with E-state index < -0.39 is 0 Å². The molecule has 0 aliphatic rings. The minimum absolute atomic E-state index is 0.811. The summed E-state index contributed by atoms with van der Waals surface area (Å²) >= 11 is 0. The number of hydrogen-bond acceptors (Lipinski definition) is 3. The predicted octanol–water partition coefficient (Wildman–Crippen LogP) is 8.84. The molecule has 36 heavy (non-hydrogen) atoms. The Morgan fingerprint density at radius 2 is 1.42 bits per heavy atom. The van der Waals surface area contributed by atoms with Gasteiger partial charge in [-0.3, -0.25) is 9.97 Å². The van der Waals surface area contributed by atoms with Crippen LogP contribution in [0.15, 0.2) is 120 Å². The minimum atomic E-state index is 0.811. The Labute approximate surface area is 208 Å². The van der Waals surface area contributed by atoms with Crippen LogP contribution in [-0.4, -0.2) is 9.97 Å². The van der Waals surface area contributed by atoms with E-state index in [1.165, 1.54) is 21.9 Å². The van der Waals surface area contributed by atoms with Crippen LogP contribution in [0.4, 0.5) is 0 Å². The van der Waals surface area contributed by atoms with Crippen molar-refractivity contribution in [3.05, 3.63) is 121 Å². The number of aryl methyl sites for hydroxylation is 1. The minimum Gasteiger partial charge on any atom is -0.462 e. The van der Waals surface area contributed by atoms with Crippen molar-refractivity contribution in [3.63, 3.8) is 0 Å². The van der Waals surface area contributed by atoms with Gasteiger partial charge >= 0.3 is 0 Å². The first-order valence-electron chi connectivity index (χ1n) is 12.1. The van der Waals surface area contributed by atoms with E-state index in [4.69, 9.17) is 14.4 Å². The number of hydrogen-bond donors (Lipinski definition) is 0. The summed E-state index contributed by atoms with van der Waals surface area (Å²) in [4.78, 5) is 9.59. The van der Waals surface area contributed by atoms with Gasteiger partial charge in [-0.2, -0.15) is 0 Å². The van der Waals surface area contributed by atoms with Crippen molar-refractivity contribution in [1.82, 2.24) is 9.97 Å². The van der Waals surface area contributed by atoms with E-state index in [-0.39, 0.29) is 0 Å². The second kappa shape index (κ2) is 8.17. The van der Waals surface area contributed by atoms with Gasteiger partial charge in [0.15, 0.2) is 5.58 Å². The van der Waals surface area contributed by atoms with E-state index in [9.17, 15) is 0 Å². The molecule has 3 heterocycles. The number of benzene rings is 4. The quantitative estimate of drug-likeness (QED) is 0.263. The van der Waals surface area contributed by atoms with Gasteiger partial charge in [-0.25, -0.2) is 0 Å². The molecule has 0 saturated heterocycles. The summed E-state index contributed by atoms with van der Waals surface area (Å²) in [5.74, 6) is 0. The maximum Gasteiger partial charge on any atom is 0.160 e. The van der Waals surface area contributed by atoms with E-state index in [0.717, 1.165) is 49.8 Å². The molecule has 170 valence electrons. The lowest BCUT2D eigenvalue weighted by molar-refractivity contribution is 0.618. The summed E-state index contributed by atoms with van der Waals surface area (Å²) < 4.78 is 5.78. The molecular formula is C33H22N2O. The number of aromatic nitrogens is 2. The fourth-order valence-corrected chi connectivity index (χ4v) is 5.09. The molecule has 0 aliphatic carbocycles. The average Bonchev–Trinajstić information content (AvgIpc) is 3.41. The third-order valence-corrected chi connectivity index (χ3v) is 6.85. The monoisotopic (exact) mass is 462 g/mol. The van der Waals surface area contributed by atoms with Gasteiger partial charge in [-0.15, -0.1) is 0 Å². The molecule has 0 bridgehead atoms. The highest BCUT2D eigenvalue weighted by atomic mass is 16.3. The molecule has 0 unspecified atom stereocenters. The maximum atomic E-state index is 5.78. The molecule has 0 saturated carbocycles. The third kappa shape index (κ3) is 3.37. The lowest BCUT2D eigenvalue weighted by atomic mass is 9.93. The summed E-state index contributed by atoms with van der Waals surface area (Å²) in [7, 11) is 0. The molecule has 7 rings (SSSR count). The highest BCUT2D eigenvalue weighted by Crippen LogP contribution is 2.39. The van der Waals surface area contributed by atoms with Gasteiger partial charge in [0.2, 0.25) is 0 Å². The molecule has 7 aromatic rings. The smallest absolute Gasteiger partial charge is 0.160 e. The Morgan fingerprint density at radius 3 is 2.28 bits per heavy atom. The standard InChI is InChI=1S/C33H22N2O/c1-21-16-29-30(19-27-13-15-36-33(27)32(29)35-20-21)31-28(8-5-14-34-31)26-12-11-24-17-23(9-10-25(24)18-26)22-6-3-2-4-7-22/h2-20H,1H3. The fourth-order valence-electron chi connectivity index (χ4n) is 5.09. The van der Waals surface area contributed by atoms with E-state index in [1.54, 1.807) is 6.26 Å². The molecular weight excluding hydrogens is 440 g/mol. The number of furan rings is 1. The lowest BCUT2D eigenvalue weighted by Gasteiger charge is -2.13. The van der Waals surface area contributed by atoms with Crippen LogP contribution in [0, 0.1) is 6.92 Å². The first kappa shape index (κ1) is 20.6. The van der Waals surface area contributed by atoms with Gasteiger partial charge in [-0.05, 0) is 76.3 Å². The summed E-state index contributed by atoms with van der Waals surface area (Å²) in [6, 6.07) is 34.3. The number of pyridine rings is 2. The fraction of sp³-hybridized carbons (Fsp3) is 0.0303. The van der Waals surface area contributed by atoms with E-state index in [0.29, 0.717) is 0 Å². The van der Waals surface area contributed by atoms with Crippen LogP contribution in [0.25, 0.3) is 66.2 Å². The number of rotatable bonds is 3. The molecule has 3 nitrogen and oxygen atoms in total. The van der Waals surface area contributed by atoms with Gasteiger partial charge in [0.25, 0.3) is 0 Å². The molecule has 0 fully saturated rings. The van der Waals surface area contributed by atoms with Crippen LogP contribution in [0.3, 0.4) is 0 Å². The highest BCUT2D eigenvalue weighted by Gasteiger charge is 2.16. The Morgan fingerprint density at radius 1 is 0.611 bits per heavy atom. The Balaban J connectivity index is 1.41. The van der Waals surface area contributed by atoms with Crippen molar-refractivity contribution in [1.29, 1.82) is 0 Å². The van der Waals surface area contributed by atoms with Crippen LogP contribution in [0.1, 0.15) is 5.56 Å². The van der Waals surface area contributed by atoms with E-state index >= 15 is 0 Å². The molecule has 0 spiro atoms.